The number of halogens is 1. The maximum absolute atomic E-state index is 12.8. The average molecular weight is 354 g/mol. The van der Waals surface area contributed by atoms with E-state index in [2.05, 4.69) is 21.2 Å². The molecule has 1 aliphatic rings. The number of primary amides is 1. The topological polar surface area (TPSA) is 75.4 Å². The summed E-state index contributed by atoms with van der Waals surface area (Å²) in [4.78, 5) is 25.8. The van der Waals surface area contributed by atoms with Crippen molar-refractivity contribution in [3.63, 3.8) is 0 Å². The van der Waals surface area contributed by atoms with E-state index in [0.717, 1.165) is 36.0 Å². The fourth-order valence-electron chi connectivity index (χ4n) is 2.61. The normalized spacial score (nSPS) is 15.7. The van der Waals surface area contributed by atoms with Gasteiger partial charge in [0.1, 0.15) is 0 Å². The molecule has 114 valence electrons. The Morgan fingerprint density at radius 3 is 2.67 bits per heavy atom. The van der Waals surface area contributed by atoms with Gasteiger partial charge in [-0.25, -0.2) is 0 Å². The van der Waals surface area contributed by atoms with Gasteiger partial charge in [0.2, 0.25) is 5.91 Å². The van der Waals surface area contributed by atoms with Crippen LogP contribution in [-0.4, -0.2) is 42.4 Å². The lowest BCUT2D eigenvalue weighted by Gasteiger charge is -2.34. The van der Waals surface area contributed by atoms with Crippen LogP contribution in [0.1, 0.15) is 28.8 Å². The van der Waals surface area contributed by atoms with Gasteiger partial charge in [-0.05, 0) is 60.9 Å². The Morgan fingerprint density at radius 1 is 1.38 bits per heavy atom. The van der Waals surface area contributed by atoms with Crippen LogP contribution in [-0.2, 0) is 4.79 Å². The summed E-state index contributed by atoms with van der Waals surface area (Å²) in [6.07, 6.45) is 1.67. The summed E-state index contributed by atoms with van der Waals surface area (Å²) in [5.74, 6) is -0.623. The minimum absolute atomic E-state index is 0.0378. The molecular weight excluding hydrogens is 334 g/mol. The van der Waals surface area contributed by atoms with Gasteiger partial charge in [-0.1, -0.05) is 11.6 Å². The fourth-order valence-corrected chi connectivity index (χ4v) is 3.03. The summed E-state index contributed by atoms with van der Waals surface area (Å²) >= 11 is 3.41. The highest BCUT2D eigenvalue weighted by atomic mass is 79.9. The van der Waals surface area contributed by atoms with E-state index in [0.29, 0.717) is 5.56 Å². The maximum atomic E-state index is 12.8. The fraction of sp³-hybridized carbons (Fsp3) is 0.467. The molecule has 1 heterocycles. The largest absolute Gasteiger partial charge is 0.368 e. The highest BCUT2D eigenvalue weighted by Gasteiger charge is 2.28. The second-order valence-corrected chi connectivity index (χ2v) is 6.22. The van der Waals surface area contributed by atoms with E-state index in [4.69, 9.17) is 5.73 Å². The molecule has 1 saturated heterocycles. The van der Waals surface area contributed by atoms with Crippen LogP contribution in [0.2, 0.25) is 0 Å². The van der Waals surface area contributed by atoms with E-state index in [-0.39, 0.29) is 18.5 Å². The number of nitrogens with one attached hydrogen (secondary N) is 1. The lowest BCUT2D eigenvalue weighted by Crippen LogP contribution is -2.49. The van der Waals surface area contributed by atoms with Gasteiger partial charge >= 0.3 is 0 Å². The summed E-state index contributed by atoms with van der Waals surface area (Å²) in [5, 5.41) is 3.26. The third-order valence-electron chi connectivity index (χ3n) is 3.69. The van der Waals surface area contributed by atoms with Crippen molar-refractivity contribution in [2.45, 2.75) is 25.8 Å². The Labute approximate surface area is 133 Å². The molecule has 21 heavy (non-hydrogen) atoms. The molecule has 0 aliphatic carbocycles. The Hall–Kier alpha value is -1.40. The van der Waals surface area contributed by atoms with E-state index < -0.39 is 5.91 Å². The second kappa shape index (κ2) is 7.04. The van der Waals surface area contributed by atoms with Crippen LogP contribution < -0.4 is 11.1 Å². The summed E-state index contributed by atoms with van der Waals surface area (Å²) < 4.78 is 0.738. The van der Waals surface area contributed by atoms with Crippen LogP contribution in [0.5, 0.6) is 0 Å². The minimum Gasteiger partial charge on any atom is -0.368 e. The Bertz CT molecular complexity index is 542. The lowest BCUT2D eigenvalue weighted by molar-refractivity contribution is -0.119. The molecule has 1 aromatic rings. The van der Waals surface area contributed by atoms with Gasteiger partial charge in [-0.3, -0.25) is 9.59 Å². The zero-order valence-electron chi connectivity index (χ0n) is 12.1. The molecular formula is C15H20BrN3O2. The van der Waals surface area contributed by atoms with Gasteiger partial charge in [-0.15, -0.1) is 0 Å². The number of hydrogen-bond donors (Lipinski definition) is 2. The molecule has 0 spiro atoms. The number of rotatable bonds is 4. The van der Waals surface area contributed by atoms with E-state index >= 15 is 0 Å². The average Bonchev–Trinajstić information content (AvgIpc) is 2.47. The Balaban J connectivity index is 2.28. The number of amides is 2. The summed E-state index contributed by atoms with van der Waals surface area (Å²) in [7, 11) is 0. The number of piperidine rings is 1. The van der Waals surface area contributed by atoms with Gasteiger partial charge in [-0.2, -0.15) is 0 Å². The summed E-state index contributed by atoms with van der Waals surface area (Å²) in [6.45, 7) is 3.60. The second-order valence-electron chi connectivity index (χ2n) is 5.36. The standard InChI is InChI=1S/C15H20BrN3O2/c1-10-2-3-13(16)12(8-10)15(21)19(9-14(17)20)11-4-6-18-7-5-11/h2-3,8,11,18H,4-7,9H2,1H3,(H2,17,20). The van der Waals surface area contributed by atoms with E-state index in [1.807, 2.05) is 25.1 Å². The number of carbonyl (C=O) groups is 2. The Kier molecular flexibility index (Phi) is 5.36. The lowest BCUT2D eigenvalue weighted by atomic mass is 10.0. The first kappa shape index (κ1) is 16.0. The van der Waals surface area contributed by atoms with Crippen molar-refractivity contribution in [1.29, 1.82) is 0 Å². The molecule has 0 atom stereocenters. The van der Waals surface area contributed by atoms with Crippen LogP contribution in [0.15, 0.2) is 22.7 Å². The number of nitrogens with two attached hydrogens (primary N) is 1. The zero-order valence-corrected chi connectivity index (χ0v) is 13.6. The predicted octanol–water partition coefficient (Wildman–Crippen LogP) is 1.44. The monoisotopic (exact) mass is 353 g/mol. The highest BCUT2D eigenvalue weighted by Crippen LogP contribution is 2.22. The van der Waals surface area contributed by atoms with Crippen molar-refractivity contribution in [3.05, 3.63) is 33.8 Å². The first-order valence-electron chi connectivity index (χ1n) is 7.05. The van der Waals surface area contributed by atoms with Crippen molar-refractivity contribution in [2.75, 3.05) is 19.6 Å². The third-order valence-corrected chi connectivity index (χ3v) is 4.38. The number of hydrogen-bond acceptors (Lipinski definition) is 3. The highest BCUT2D eigenvalue weighted by molar-refractivity contribution is 9.10. The van der Waals surface area contributed by atoms with Gasteiger partial charge in [0.25, 0.3) is 5.91 Å². The van der Waals surface area contributed by atoms with Crippen molar-refractivity contribution in [1.82, 2.24) is 10.2 Å². The molecule has 0 bridgehead atoms. The third kappa shape index (κ3) is 4.04. The van der Waals surface area contributed by atoms with Crippen LogP contribution in [0.3, 0.4) is 0 Å². The molecule has 1 fully saturated rings. The Morgan fingerprint density at radius 2 is 2.05 bits per heavy atom. The molecule has 0 aromatic heterocycles. The van der Waals surface area contributed by atoms with Gasteiger partial charge < -0.3 is 16.0 Å². The SMILES string of the molecule is Cc1ccc(Br)c(C(=O)N(CC(N)=O)C2CCNCC2)c1. The van der Waals surface area contributed by atoms with E-state index in [1.165, 1.54) is 0 Å². The molecule has 6 heteroatoms. The molecule has 0 saturated carbocycles. The predicted molar refractivity (Wildman–Crippen MR) is 85.0 cm³/mol. The van der Waals surface area contributed by atoms with Crippen molar-refractivity contribution < 1.29 is 9.59 Å². The van der Waals surface area contributed by atoms with Crippen molar-refractivity contribution >= 4 is 27.7 Å². The first-order chi connectivity index (χ1) is 9.99. The van der Waals surface area contributed by atoms with Crippen LogP contribution in [0.4, 0.5) is 0 Å². The van der Waals surface area contributed by atoms with Crippen molar-refractivity contribution in [3.8, 4) is 0 Å². The molecule has 1 aliphatic heterocycles. The van der Waals surface area contributed by atoms with Gasteiger partial charge in [0.05, 0.1) is 12.1 Å². The van der Waals surface area contributed by atoms with Crippen molar-refractivity contribution in [2.24, 2.45) is 5.73 Å². The quantitative estimate of drug-likeness (QED) is 0.859. The van der Waals surface area contributed by atoms with Crippen LogP contribution >= 0.6 is 15.9 Å². The zero-order chi connectivity index (χ0) is 15.4. The van der Waals surface area contributed by atoms with Gasteiger partial charge in [0, 0.05) is 10.5 Å². The number of benzene rings is 1. The summed E-state index contributed by atoms with van der Waals surface area (Å²) in [5.41, 5.74) is 6.91. The molecule has 0 unspecified atom stereocenters. The number of carbonyl (C=O) groups excluding carboxylic acids is 2. The number of nitrogens with zero attached hydrogens (tertiary/aromatic N) is 1. The van der Waals surface area contributed by atoms with Crippen LogP contribution in [0, 0.1) is 6.92 Å². The summed E-state index contributed by atoms with van der Waals surface area (Å²) in [6, 6.07) is 5.68. The van der Waals surface area contributed by atoms with Crippen LogP contribution in [0.25, 0.3) is 0 Å². The molecule has 0 radical (unpaired) electrons. The minimum atomic E-state index is -0.481. The molecule has 5 nitrogen and oxygen atoms in total. The molecule has 2 rings (SSSR count). The molecule has 2 amide bonds. The van der Waals surface area contributed by atoms with E-state index in [1.54, 1.807) is 4.90 Å². The molecule has 3 N–H and O–H groups in total. The smallest absolute Gasteiger partial charge is 0.255 e. The molecule has 1 aromatic carbocycles. The maximum Gasteiger partial charge on any atom is 0.255 e. The first-order valence-corrected chi connectivity index (χ1v) is 7.84. The van der Waals surface area contributed by atoms with Gasteiger partial charge in [0.15, 0.2) is 0 Å². The number of aryl methyl sites for hydroxylation is 1. The van der Waals surface area contributed by atoms with E-state index in [9.17, 15) is 9.59 Å².